The molecule has 1 aromatic carbocycles. The van der Waals surface area contributed by atoms with Crippen molar-refractivity contribution in [3.8, 4) is 0 Å². The molecule has 1 saturated carbocycles. The van der Waals surface area contributed by atoms with Gasteiger partial charge in [0, 0.05) is 5.69 Å². The molecule has 0 aromatic heterocycles. The van der Waals surface area contributed by atoms with Crippen LogP contribution in [0.25, 0.3) is 0 Å². The third-order valence-corrected chi connectivity index (χ3v) is 5.12. The molecule has 0 atom stereocenters. The van der Waals surface area contributed by atoms with Crippen molar-refractivity contribution >= 4 is 23.5 Å². The number of hydrogen-bond acceptors (Lipinski definition) is 3. The van der Waals surface area contributed by atoms with E-state index in [4.69, 9.17) is 0 Å². The number of hydrogen-bond donors (Lipinski definition) is 2. The Hall–Kier alpha value is -2.37. The van der Waals surface area contributed by atoms with Crippen LogP contribution in [0, 0.1) is 0 Å². The van der Waals surface area contributed by atoms with Crippen LogP contribution in [0.2, 0.25) is 0 Å². The summed E-state index contributed by atoms with van der Waals surface area (Å²) in [5.74, 6) is -0.612. The quantitative estimate of drug-likeness (QED) is 0.825. The second-order valence-electron chi connectivity index (χ2n) is 6.92. The summed E-state index contributed by atoms with van der Waals surface area (Å²) in [6.45, 7) is 1.79. The maximum absolute atomic E-state index is 12.8. The second-order valence-corrected chi connectivity index (χ2v) is 6.92. The zero-order valence-corrected chi connectivity index (χ0v) is 14.6. The smallest absolute Gasteiger partial charge is 0.325 e. The summed E-state index contributed by atoms with van der Waals surface area (Å²) >= 11 is 0. The van der Waals surface area contributed by atoms with Crippen molar-refractivity contribution in [1.82, 2.24) is 10.2 Å². The Balaban J connectivity index is 1.66. The molecule has 25 heavy (non-hydrogen) atoms. The number of imide groups is 1. The number of carbonyl (C=O) groups excluding carboxylic acids is 3. The summed E-state index contributed by atoms with van der Waals surface area (Å²) in [7, 11) is 0. The Bertz CT molecular complexity index is 678. The minimum absolute atomic E-state index is 0.247. The molecule has 1 spiro atoms. The molecular formula is C19H25N3O3. The second kappa shape index (κ2) is 7.25. The molecule has 1 heterocycles. The van der Waals surface area contributed by atoms with Crippen LogP contribution < -0.4 is 10.6 Å². The zero-order valence-electron chi connectivity index (χ0n) is 14.6. The topological polar surface area (TPSA) is 78.5 Å². The molecule has 2 N–H and O–H groups in total. The van der Waals surface area contributed by atoms with E-state index in [1.807, 2.05) is 25.1 Å². The van der Waals surface area contributed by atoms with Crippen molar-refractivity contribution in [1.29, 1.82) is 0 Å². The van der Waals surface area contributed by atoms with E-state index in [0.29, 0.717) is 18.5 Å². The predicted octanol–water partition coefficient (Wildman–Crippen LogP) is 2.83. The van der Waals surface area contributed by atoms with Crippen molar-refractivity contribution in [2.45, 2.75) is 57.4 Å². The Morgan fingerprint density at radius 1 is 1.20 bits per heavy atom. The van der Waals surface area contributed by atoms with Gasteiger partial charge in [0.25, 0.3) is 5.91 Å². The van der Waals surface area contributed by atoms with E-state index >= 15 is 0 Å². The molecule has 3 rings (SSSR count). The van der Waals surface area contributed by atoms with Gasteiger partial charge in [-0.25, -0.2) is 4.79 Å². The normalized spacial score (nSPS) is 19.6. The molecule has 1 saturated heterocycles. The fraction of sp³-hybridized carbons (Fsp3) is 0.526. The lowest BCUT2D eigenvalue weighted by Crippen LogP contribution is -2.47. The maximum Gasteiger partial charge on any atom is 0.325 e. The third-order valence-electron chi connectivity index (χ3n) is 5.12. The van der Waals surface area contributed by atoms with Crippen molar-refractivity contribution in [3.05, 3.63) is 29.8 Å². The van der Waals surface area contributed by atoms with Crippen LogP contribution in [0.1, 0.15) is 51.0 Å². The number of urea groups is 1. The van der Waals surface area contributed by atoms with Gasteiger partial charge in [0.1, 0.15) is 12.1 Å². The summed E-state index contributed by atoms with van der Waals surface area (Å²) in [5.41, 5.74) is 1.00. The molecule has 2 fully saturated rings. The molecule has 1 aliphatic carbocycles. The molecule has 4 amide bonds. The maximum atomic E-state index is 12.8. The number of carbonyl (C=O) groups is 3. The standard InChI is InChI=1S/C19H25N3O3/c1-2-14-8-7-9-15(12-14)20-16(23)13-22-17(24)19(21-18(22)25)10-5-3-4-6-11-19/h7-9,12H,2-6,10-11,13H2,1H3,(H,20,23)(H,21,25). The van der Waals surface area contributed by atoms with E-state index in [9.17, 15) is 14.4 Å². The van der Waals surface area contributed by atoms with E-state index < -0.39 is 11.6 Å². The van der Waals surface area contributed by atoms with Gasteiger partial charge in [-0.3, -0.25) is 14.5 Å². The summed E-state index contributed by atoms with van der Waals surface area (Å²) in [5, 5.41) is 5.63. The molecule has 0 radical (unpaired) electrons. The highest BCUT2D eigenvalue weighted by Crippen LogP contribution is 2.32. The number of rotatable bonds is 4. The number of benzene rings is 1. The molecule has 1 aromatic rings. The van der Waals surface area contributed by atoms with Gasteiger partial charge in [0.2, 0.25) is 5.91 Å². The minimum Gasteiger partial charge on any atom is -0.325 e. The molecule has 2 aliphatic rings. The van der Waals surface area contributed by atoms with E-state index in [0.717, 1.165) is 42.6 Å². The highest BCUT2D eigenvalue weighted by atomic mass is 16.2. The lowest BCUT2D eigenvalue weighted by atomic mass is 9.90. The molecular weight excluding hydrogens is 318 g/mol. The predicted molar refractivity (Wildman–Crippen MR) is 95.1 cm³/mol. The number of nitrogens with zero attached hydrogens (tertiary/aromatic N) is 1. The van der Waals surface area contributed by atoms with Crippen LogP contribution in [0.3, 0.4) is 0 Å². The van der Waals surface area contributed by atoms with Crippen LogP contribution in [-0.2, 0) is 16.0 Å². The summed E-state index contributed by atoms with van der Waals surface area (Å²) in [6, 6.07) is 7.11. The highest BCUT2D eigenvalue weighted by molar-refractivity contribution is 6.10. The molecule has 6 nitrogen and oxygen atoms in total. The average Bonchev–Trinajstić information content (AvgIpc) is 2.77. The third kappa shape index (κ3) is 3.67. The molecule has 134 valence electrons. The van der Waals surface area contributed by atoms with Gasteiger partial charge < -0.3 is 10.6 Å². The number of aryl methyl sites for hydroxylation is 1. The van der Waals surface area contributed by atoms with E-state index in [1.165, 1.54) is 0 Å². The monoisotopic (exact) mass is 343 g/mol. The summed E-state index contributed by atoms with van der Waals surface area (Å²) < 4.78 is 0. The van der Waals surface area contributed by atoms with Crippen LogP contribution in [0.4, 0.5) is 10.5 Å². The van der Waals surface area contributed by atoms with Gasteiger partial charge in [-0.1, -0.05) is 44.7 Å². The first kappa shape index (κ1) is 17.5. The van der Waals surface area contributed by atoms with Crippen LogP contribution in [0.15, 0.2) is 24.3 Å². The average molecular weight is 343 g/mol. The first-order valence-electron chi connectivity index (χ1n) is 9.07. The van der Waals surface area contributed by atoms with E-state index in [-0.39, 0.29) is 18.4 Å². The van der Waals surface area contributed by atoms with Gasteiger partial charge in [0.15, 0.2) is 0 Å². The van der Waals surface area contributed by atoms with Crippen LogP contribution >= 0.6 is 0 Å². The lowest BCUT2D eigenvalue weighted by Gasteiger charge is -2.24. The molecule has 0 unspecified atom stereocenters. The number of amides is 4. The molecule has 0 bridgehead atoms. The SMILES string of the molecule is CCc1cccc(NC(=O)CN2C(=O)NC3(CCCCCC3)C2=O)c1. The number of nitrogens with one attached hydrogen (secondary N) is 2. The first-order chi connectivity index (χ1) is 12.0. The Labute approximate surface area is 148 Å². The van der Waals surface area contributed by atoms with E-state index in [1.54, 1.807) is 6.07 Å². The Morgan fingerprint density at radius 3 is 2.60 bits per heavy atom. The minimum atomic E-state index is -0.796. The fourth-order valence-electron chi connectivity index (χ4n) is 3.70. The van der Waals surface area contributed by atoms with Gasteiger partial charge >= 0.3 is 6.03 Å². The fourth-order valence-corrected chi connectivity index (χ4v) is 3.70. The van der Waals surface area contributed by atoms with Crippen molar-refractivity contribution in [2.24, 2.45) is 0 Å². The summed E-state index contributed by atoms with van der Waals surface area (Å²) in [4.78, 5) is 38.4. The Kier molecular flexibility index (Phi) is 5.06. The first-order valence-corrected chi connectivity index (χ1v) is 9.07. The van der Waals surface area contributed by atoms with E-state index in [2.05, 4.69) is 10.6 Å². The highest BCUT2D eigenvalue weighted by Gasteiger charge is 2.51. The zero-order chi connectivity index (χ0) is 17.9. The largest absolute Gasteiger partial charge is 0.325 e. The molecule has 6 heteroatoms. The van der Waals surface area contributed by atoms with Crippen LogP contribution in [-0.4, -0.2) is 34.8 Å². The van der Waals surface area contributed by atoms with Crippen molar-refractivity contribution < 1.29 is 14.4 Å². The van der Waals surface area contributed by atoms with Crippen molar-refractivity contribution in [3.63, 3.8) is 0 Å². The Morgan fingerprint density at radius 2 is 1.92 bits per heavy atom. The molecule has 1 aliphatic heterocycles. The van der Waals surface area contributed by atoms with Gasteiger partial charge in [-0.2, -0.15) is 0 Å². The van der Waals surface area contributed by atoms with Gasteiger partial charge in [0.05, 0.1) is 0 Å². The van der Waals surface area contributed by atoms with Gasteiger partial charge in [-0.15, -0.1) is 0 Å². The summed E-state index contributed by atoms with van der Waals surface area (Å²) in [6.07, 6.45) is 6.21. The van der Waals surface area contributed by atoms with Gasteiger partial charge in [-0.05, 0) is 37.0 Å². The van der Waals surface area contributed by atoms with Crippen LogP contribution in [0.5, 0.6) is 0 Å². The van der Waals surface area contributed by atoms with Crippen molar-refractivity contribution in [2.75, 3.05) is 11.9 Å². The lowest BCUT2D eigenvalue weighted by molar-refractivity contribution is -0.134. The number of anilines is 1.